The molecule has 2 heterocycles. The van der Waals surface area contributed by atoms with Gasteiger partial charge in [-0.3, -0.25) is 4.90 Å². The lowest BCUT2D eigenvalue weighted by molar-refractivity contribution is 0.0690. The zero-order valence-electron chi connectivity index (χ0n) is 11.0. The fraction of sp³-hybridized carbons (Fsp3) is 0.571. The number of carbonyl (C=O) groups is 1. The van der Waals surface area contributed by atoms with E-state index in [0.717, 1.165) is 31.1 Å². The standard InChI is InChI=1S/C14H20N2O2/c1-10-4-6-16(8-11(10)2)9-12-3-5-15-13(7-12)14(17)18/h3,5,7,10-11H,4,6,8-9H2,1-2H3,(H,17,18). The van der Waals surface area contributed by atoms with Gasteiger partial charge in [-0.05, 0) is 42.5 Å². The maximum Gasteiger partial charge on any atom is 0.354 e. The minimum absolute atomic E-state index is 0.130. The second-order valence-corrected chi connectivity index (χ2v) is 5.33. The van der Waals surface area contributed by atoms with Crippen LogP contribution in [0.3, 0.4) is 0 Å². The van der Waals surface area contributed by atoms with E-state index in [-0.39, 0.29) is 5.69 Å². The molecule has 0 bridgehead atoms. The van der Waals surface area contributed by atoms with Gasteiger partial charge in [0.05, 0.1) is 0 Å². The van der Waals surface area contributed by atoms with E-state index in [2.05, 4.69) is 23.7 Å². The first-order chi connectivity index (χ1) is 8.56. The van der Waals surface area contributed by atoms with E-state index in [0.29, 0.717) is 5.92 Å². The van der Waals surface area contributed by atoms with Gasteiger partial charge >= 0.3 is 5.97 Å². The lowest BCUT2D eigenvalue weighted by atomic mass is 9.88. The van der Waals surface area contributed by atoms with Crippen molar-refractivity contribution in [3.8, 4) is 0 Å². The maximum atomic E-state index is 10.9. The lowest BCUT2D eigenvalue weighted by Gasteiger charge is -2.35. The van der Waals surface area contributed by atoms with Gasteiger partial charge in [0.2, 0.25) is 0 Å². The molecule has 1 aromatic heterocycles. The molecule has 0 saturated carbocycles. The number of hydrogen-bond acceptors (Lipinski definition) is 3. The van der Waals surface area contributed by atoms with Crippen LogP contribution in [0, 0.1) is 11.8 Å². The number of pyridine rings is 1. The Morgan fingerprint density at radius 1 is 1.50 bits per heavy atom. The van der Waals surface area contributed by atoms with E-state index in [1.807, 2.05) is 6.07 Å². The number of hydrogen-bond donors (Lipinski definition) is 1. The van der Waals surface area contributed by atoms with Gasteiger partial charge < -0.3 is 5.11 Å². The first-order valence-corrected chi connectivity index (χ1v) is 6.47. The largest absolute Gasteiger partial charge is 0.477 e. The summed E-state index contributed by atoms with van der Waals surface area (Å²) in [5.74, 6) is 0.533. The molecule has 1 fully saturated rings. The molecular weight excluding hydrogens is 228 g/mol. The zero-order chi connectivity index (χ0) is 13.1. The zero-order valence-corrected chi connectivity index (χ0v) is 11.0. The van der Waals surface area contributed by atoms with Gasteiger partial charge in [0.15, 0.2) is 0 Å². The van der Waals surface area contributed by atoms with Gasteiger partial charge in [-0.15, -0.1) is 0 Å². The molecule has 98 valence electrons. The summed E-state index contributed by atoms with van der Waals surface area (Å²) in [5.41, 5.74) is 1.16. The molecule has 4 nitrogen and oxygen atoms in total. The SMILES string of the molecule is CC1CCN(Cc2ccnc(C(=O)O)c2)CC1C. The highest BCUT2D eigenvalue weighted by molar-refractivity contribution is 5.85. The van der Waals surface area contributed by atoms with Crippen LogP contribution >= 0.6 is 0 Å². The van der Waals surface area contributed by atoms with Gasteiger partial charge in [-0.2, -0.15) is 0 Å². The molecule has 0 aliphatic carbocycles. The van der Waals surface area contributed by atoms with Gasteiger partial charge in [0.25, 0.3) is 0 Å². The summed E-state index contributed by atoms with van der Waals surface area (Å²) in [5, 5.41) is 8.92. The smallest absolute Gasteiger partial charge is 0.354 e. The second-order valence-electron chi connectivity index (χ2n) is 5.33. The predicted molar refractivity (Wildman–Crippen MR) is 69.4 cm³/mol. The summed E-state index contributed by atoms with van der Waals surface area (Å²) in [4.78, 5) is 17.1. The van der Waals surface area contributed by atoms with Crippen LogP contribution in [0.2, 0.25) is 0 Å². The van der Waals surface area contributed by atoms with Crippen molar-refractivity contribution in [3.05, 3.63) is 29.6 Å². The molecule has 4 heteroatoms. The number of rotatable bonds is 3. The van der Waals surface area contributed by atoms with Crippen LogP contribution in [0.15, 0.2) is 18.3 Å². The molecule has 1 aliphatic heterocycles. The Morgan fingerprint density at radius 3 is 2.94 bits per heavy atom. The third-order valence-corrected chi connectivity index (χ3v) is 3.87. The highest BCUT2D eigenvalue weighted by Crippen LogP contribution is 2.23. The van der Waals surface area contributed by atoms with Gasteiger partial charge in [-0.25, -0.2) is 9.78 Å². The Hall–Kier alpha value is -1.42. The number of piperidine rings is 1. The van der Waals surface area contributed by atoms with Crippen LogP contribution in [0.25, 0.3) is 0 Å². The fourth-order valence-electron chi connectivity index (χ4n) is 2.44. The highest BCUT2D eigenvalue weighted by atomic mass is 16.4. The number of likely N-dealkylation sites (tertiary alicyclic amines) is 1. The highest BCUT2D eigenvalue weighted by Gasteiger charge is 2.22. The minimum atomic E-state index is -0.961. The van der Waals surface area contributed by atoms with Crippen molar-refractivity contribution in [3.63, 3.8) is 0 Å². The van der Waals surface area contributed by atoms with Crippen molar-refractivity contribution < 1.29 is 9.90 Å². The molecular formula is C14H20N2O2. The second kappa shape index (κ2) is 5.48. The molecule has 0 spiro atoms. The van der Waals surface area contributed by atoms with Crippen molar-refractivity contribution in [2.24, 2.45) is 11.8 Å². The molecule has 1 N–H and O–H groups in total. The van der Waals surface area contributed by atoms with Crippen molar-refractivity contribution >= 4 is 5.97 Å². The third-order valence-electron chi connectivity index (χ3n) is 3.87. The van der Waals surface area contributed by atoms with Crippen LogP contribution in [-0.4, -0.2) is 34.0 Å². The summed E-state index contributed by atoms with van der Waals surface area (Å²) in [6.07, 6.45) is 2.80. The predicted octanol–water partition coefficient (Wildman–Crippen LogP) is 2.26. The number of aromatic carboxylic acids is 1. The van der Waals surface area contributed by atoms with Crippen molar-refractivity contribution in [2.75, 3.05) is 13.1 Å². The van der Waals surface area contributed by atoms with Crippen LogP contribution in [0.5, 0.6) is 0 Å². The van der Waals surface area contributed by atoms with Crippen LogP contribution in [0.4, 0.5) is 0 Å². The molecule has 1 aliphatic rings. The lowest BCUT2D eigenvalue weighted by Crippen LogP contribution is -2.37. The Balaban J connectivity index is 2.01. The topological polar surface area (TPSA) is 53.4 Å². The molecule has 2 rings (SSSR count). The van der Waals surface area contributed by atoms with Crippen molar-refractivity contribution in [1.29, 1.82) is 0 Å². The molecule has 0 radical (unpaired) electrons. The van der Waals surface area contributed by atoms with E-state index < -0.39 is 5.97 Å². The fourth-order valence-corrected chi connectivity index (χ4v) is 2.44. The monoisotopic (exact) mass is 248 g/mol. The Labute approximate surface area is 108 Å². The molecule has 1 saturated heterocycles. The first kappa shape index (κ1) is 13.0. The van der Waals surface area contributed by atoms with Crippen LogP contribution in [0.1, 0.15) is 36.3 Å². The average Bonchev–Trinajstić information content (AvgIpc) is 2.34. The Bertz CT molecular complexity index is 434. The summed E-state index contributed by atoms with van der Waals surface area (Å²) >= 11 is 0. The summed E-state index contributed by atoms with van der Waals surface area (Å²) < 4.78 is 0. The average molecular weight is 248 g/mol. The van der Waals surface area contributed by atoms with Crippen molar-refractivity contribution in [2.45, 2.75) is 26.8 Å². The van der Waals surface area contributed by atoms with Crippen LogP contribution < -0.4 is 0 Å². The minimum Gasteiger partial charge on any atom is -0.477 e. The molecule has 2 unspecified atom stereocenters. The van der Waals surface area contributed by atoms with Crippen LogP contribution in [-0.2, 0) is 6.54 Å². The normalized spacial score (nSPS) is 25.0. The Morgan fingerprint density at radius 2 is 2.28 bits per heavy atom. The molecule has 0 amide bonds. The third kappa shape index (κ3) is 3.07. The quantitative estimate of drug-likeness (QED) is 0.891. The Kier molecular flexibility index (Phi) is 3.97. The molecule has 18 heavy (non-hydrogen) atoms. The van der Waals surface area contributed by atoms with E-state index in [1.54, 1.807) is 12.3 Å². The van der Waals surface area contributed by atoms with Gasteiger partial charge in [-0.1, -0.05) is 13.8 Å². The maximum absolute atomic E-state index is 10.9. The van der Waals surface area contributed by atoms with Crippen molar-refractivity contribution in [1.82, 2.24) is 9.88 Å². The molecule has 1 aromatic rings. The number of carboxylic acid groups (broad SMARTS) is 1. The van der Waals surface area contributed by atoms with E-state index in [9.17, 15) is 4.79 Å². The summed E-state index contributed by atoms with van der Waals surface area (Å²) in [6, 6.07) is 3.57. The summed E-state index contributed by atoms with van der Waals surface area (Å²) in [7, 11) is 0. The van der Waals surface area contributed by atoms with E-state index in [4.69, 9.17) is 5.11 Å². The van der Waals surface area contributed by atoms with Gasteiger partial charge in [0, 0.05) is 19.3 Å². The number of aromatic nitrogens is 1. The van der Waals surface area contributed by atoms with E-state index in [1.165, 1.54) is 6.42 Å². The number of nitrogens with zero attached hydrogens (tertiary/aromatic N) is 2. The van der Waals surface area contributed by atoms with E-state index >= 15 is 0 Å². The van der Waals surface area contributed by atoms with Gasteiger partial charge in [0.1, 0.15) is 5.69 Å². The molecule has 2 atom stereocenters. The first-order valence-electron chi connectivity index (χ1n) is 6.47. The summed E-state index contributed by atoms with van der Waals surface area (Å²) in [6.45, 7) is 7.59. The number of carboxylic acids is 1. The molecule has 0 aromatic carbocycles.